The van der Waals surface area contributed by atoms with Gasteiger partial charge in [-0.15, -0.1) is 0 Å². The van der Waals surface area contributed by atoms with E-state index in [1.807, 2.05) is 6.08 Å². The highest BCUT2D eigenvalue weighted by Crippen LogP contribution is 2.35. The first-order chi connectivity index (χ1) is 9.95. The fraction of sp³-hybridized carbons (Fsp3) is 0.438. The fourth-order valence-electron chi connectivity index (χ4n) is 2.28. The first-order valence-corrected chi connectivity index (χ1v) is 8.60. The number of nitrogens with zero attached hydrogens (tertiary/aromatic N) is 1. The topological polar surface area (TPSA) is 56.3 Å². The molecule has 1 aromatic rings. The van der Waals surface area contributed by atoms with Gasteiger partial charge in [-0.05, 0) is 36.5 Å². The summed E-state index contributed by atoms with van der Waals surface area (Å²) in [6.07, 6.45) is 12.4. The first kappa shape index (κ1) is 15.8. The van der Waals surface area contributed by atoms with Gasteiger partial charge in [0.2, 0.25) is 0 Å². The Bertz CT molecular complexity index is 635. The van der Waals surface area contributed by atoms with E-state index in [-0.39, 0.29) is 16.1 Å². The van der Waals surface area contributed by atoms with Crippen molar-refractivity contribution in [3.8, 4) is 5.75 Å². The average Bonchev–Trinajstić information content (AvgIpc) is 2.46. The van der Waals surface area contributed by atoms with Crippen LogP contribution in [0.3, 0.4) is 0 Å². The molecule has 1 atom stereocenters. The summed E-state index contributed by atoms with van der Waals surface area (Å²) in [5.74, 6) is 0.228. The van der Waals surface area contributed by atoms with Crippen LogP contribution in [0.15, 0.2) is 47.7 Å². The molecule has 0 aliphatic heterocycles. The molecular weight excluding hydrogens is 286 g/mol. The SMILES string of the molecule is CCCCC1(C)C=CC(S(=O)(=O)Oc2cccnc2)=CC1. The summed E-state index contributed by atoms with van der Waals surface area (Å²) in [6.45, 7) is 4.31. The van der Waals surface area contributed by atoms with Gasteiger partial charge in [-0.3, -0.25) is 4.98 Å². The minimum absolute atomic E-state index is 0.0450. The number of unbranched alkanes of at least 4 members (excludes halogenated alkanes) is 1. The zero-order chi connectivity index (χ0) is 15.3. The van der Waals surface area contributed by atoms with Crippen LogP contribution in [0.4, 0.5) is 0 Å². The van der Waals surface area contributed by atoms with Gasteiger partial charge in [0.05, 0.1) is 6.20 Å². The van der Waals surface area contributed by atoms with Crippen molar-refractivity contribution < 1.29 is 12.6 Å². The molecule has 1 aliphatic rings. The van der Waals surface area contributed by atoms with E-state index in [0.29, 0.717) is 6.42 Å². The maximum atomic E-state index is 12.2. The molecule has 2 rings (SSSR count). The normalized spacial score (nSPS) is 21.9. The third-order valence-electron chi connectivity index (χ3n) is 3.65. The molecule has 1 heterocycles. The molecule has 0 saturated carbocycles. The van der Waals surface area contributed by atoms with Crippen molar-refractivity contribution in [2.45, 2.75) is 39.5 Å². The Morgan fingerprint density at radius 1 is 1.43 bits per heavy atom. The number of pyridine rings is 1. The maximum absolute atomic E-state index is 12.2. The van der Waals surface area contributed by atoms with Gasteiger partial charge in [-0.25, -0.2) is 0 Å². The van der Waals surface area contributed by atoms with Crippen LogP contribution in [-0.4, -0.2) is 13.4 Å². The van der Waals surface area contributed by atoms with E-state index in [4.69, 9.17) is 4.18 Å². The van der Waals surface area contributed by atoms with E-state index in [1.54, 1.807) is 30.5 Å². The summed E-state index contributed by atoms with van der Waals surface area (Å²) in [5.41, 5.74) is 0.0450. The van der Waals surface area contributed by atoms with Crippen molar-refractivity contribution in [1.82, 2.24) is 4.98 Å². The molecule has 0 saturated heterocycles. The Morgan fingerprint density at radius 3 is 2.81 bits per heavy atom. The lowest BCUT2D eigenvalue weighted by Gasteiger charge is -2.27. The Morgan fingerprint density at radius 2 is 2.24 bits per heavy atom. The molecule has 0 amide bonds. The van der Waals surface area contributed by atoms with Crippen LogP contribution in [0, 0.1) is 5.41 Å². The second-order valence-electron chi connectivity index (χ2n) is 5.63. The lowest BCUT2D eigenvalue weighted by molar-refractivity contribution is 0.377. The minimum Gasteiger partial charge on any atom is -0.377 e. The van der Waals surface area contributed by atoms with Gasteiger partial charge in [0.25, 0.3) is 0 Å². The fourth-order valence-corrected chi connectivity index (χ4v) is 3.25. The Labute approximate surface area is 126 Å². The summed E-state index contributed by atoms with van der Waals surface area (Å²) in [4.78, 5) is 4.07. The van der Waals surface area contributed by atoms with Crippen molar-refractivity contribution in [3.05, 3.63) is 47.7 Å². The lowest BCUT2D eigenvalue weighted by Crippen LogP contribution is -2.19. The minimum atomic E-state index is -3.77. The monoisotopic (exact) mass is 307 g/mol. The largest absolute Gasteiger partial charge is 0.377 e. The second-order valence-corrected chi connectivity index (χ2v) is 7.17. The molecule has 5 heteroatoms. The highest BCUT2D eigenvalue weighted by molar-refractivity contribution is 7.91. The zero-order valence-corrected chi connectivity index (χ0v) is 13.3. The van der Waals surface area contributed by atoms with Crippen LogP contribution in [0.2, 0.25) is 0 Å². The summed E-state index contributed by atoms with van der Waals surface area (Å²) >= 11 is 0. The van der Waals surface area contributed by atoms with Gasteiger partial charge in [0.15, 0.2) is 5.75 Å². The predicted molar refractivity (Wildman–Crippen MR) is 83.3 cm³/mol. The molecule has 1 aliphatic carbocycles. The summed E-state index contributed by atoms with van der Waals surface area (Å²) in [7, 11) is -3.77. The zero-order valence-electron chi connectivity index (χ0n) is 12.5. The summed E-state index contributed by atoms with van der Waals surface area (Å²) in [5, 5.41) is 0. The van der Waals surface area contributed by atoms with Gasteiger partial charge < -0.3 is 4.18 Å². The Kier molecular flexibility index (Phi) is 4.83. The van der Waals surface area contributed by atoms with Crippen molar-refractivity contribution in [2.75, 3.05) is 0 Å². The molecule has 0 spiro atoms. The van der Waals surface area contributed by atoms with E-state index in [2.05, 4.69) is 18.8 Å². The van der Waals surface area contributed by atoms with Crippen molar-refractivity contribution >= 4 is 10.1 Å². The highest BCUT2D eigenvalue weighted by Gasteiger charge is 2.27. The van der Waals surface area contributed by atoms with E-state index < -0.39 is 10.1 Å². The highest BCUT2D eigenvalue weighted by atomic mass is 32.2. The third kappa shape index (κ3) is 4.17. The van der Waals surface area contributed by atoms with E-state index in [9.17, 15) is 8.42 Å². The third-order valence-corrected chi connectivity index (χ3v) is 4.94. The van der Waals surface area contributed by atoms with Crippen LogP contribution < -0.4 is 4.18 Å². The van der Waals surface area contributed by atoms with Crippen LogP contribution in [0.5, 0.6) is 5.75 Å². The molecule has 0 radical (unpaired) electrons. The standard InChI is InChI=1S/C16H21NO3S/c1-3-4-9-16(2)10-7-15(8-11-16)21(18,19)20-14-6-5-12-17-13-14/h5-8,10,12-13H,3-4,9,11H2,1-2H3. The molecule has 0 N–H and O–H groups in total. The van der Waals surface area contributed by atoms with E-state index >= 15 is 0 Å². The lowest BCUT2D eigenvalue weighted by atomic mass is 9.79. The van der Waals surface area contributed by atoms with Gasteiger partial charge in [-0.2, -0.15) is 8.42 Å². The second kappa shape index (κ2) is 6.43. The number of hydrogen-bond donors (Lipinski definition) is 0. The Hall–Kier alpha value is -1.62. The molecule has 1 unspecified atom stereocenters. The number of hydrogen-bond acceptors (Lipinski definition) is 4. The smallest absolute Gasteiger partial charge is 0.338 e. The maximum Gasteiger partial charge on any atom is 0.338 e. The Balaban J connectivity index is 2.08. The average molecular weight is 307 g/mol. The molecule has 0 aromatic carbocycles. The van der Waals surface area contributed by atoms with Crippen LogP contribution in [-0.2, 0) is 10.1 Å². The van der Waals surface area contributed by atoms with Gasteiger partial charge in [-0.1, -0.05) is 38.8 Å². The van der Waals surface area contributed by atoms with Crippen LogP contribution in [0.1, 0.15) is 39.5 Å². The van der Waals surface area contributed by atoms with Crippen molar-refractivity contribution in [2.24, 2.45) is 5.41 Å². The van der Waals surface area contributed by atoms with Crippen molar-refractivity contribution in [3.63, 3.8) is 0 Å². The molecular formula is C16H21NO3S. The first-order valence-electron chi connectivity index (χ1n) is 7.19. The molecule has 4 nitrogen and oxygen atoms in total. The van der Waals surface area contributed by atoms with Crippen LogP contribution in [0.25, 0.3) is 0 Å². The van der Waals surface area contributed by atoms with E-state index in [0.717, 1.165) is 19.3 Å². The molecule has 0 bridgehead atoms. The van der Waals surface area contributed by atoms with Gasteiger partial charge in [0, 0.05) is 6.20 Å². The number of allylic oxidation sites excluding steroid dienone is 3. The van der Waals surface area contributed by atoms with Gasteiger partial charge in [0.1, 0.15) is 4.91 Å². The quantitative estimate of drug-likeness (QED) is 0.749. The van der Waals surface area contributed by atoms with Crippen LogP contribution >= 0.6 is 0 Å². The van der Waals surface area contributed by atoms with Crippen molar-refractivity contribution in [1.29, 1.82) is 0 Å². The molecule has 114 valence electrons. The number of aromatic nitrogens is 1. The molecule has 0 fully saturated rings. The summed E-state index contributed by atoms with van der Waals surface area (Å²) < 4.78 is 29.5. The predicted octanol–water partition coefficient (Wildman–Crippen LogP) is 3.83. The van der Waals surface area contributed by atoms with Gasteiger partial charge >= 0.3 is 10.1 Å². The summed E-state index contributed by atoms with van der Waals surface area (Å²) in [6, 6.07) is 3.21. The molecule has 21 heavy (non-hydrogen) atoms. The number of rotatable bonds is 6. The molecule has 1 aromatic heterocycles. The van der Waals surface area contributed by atoms with E-state index in [1.165, 1.54) is 6.20 Å².